The molecule has 0 saturated heterocycles. The van der Waals surface area contributed by atoms with E-state index < -0.39 is 0 Å². The topological polar surface area (TPSA) is 17.8 Å². The zero-order valence-corrected chi connectivity index (χ0v) is 16.8. The summed E-state index contributed by atoms with van der Waals surface area (Å²) < 4.78 is 2.30. The number of para-hydroxylation sites is 1. The standard InChI is InChI=1S/C26H26N2/c1-5-18(3)19(4)17-23-22-13-9-10-14-25(22)28(24(23)6-2)26-21-12-8-7-11-20(21)15-16-27-26/h6-17,19H,3,5H2,1-2,4H3/b23-17-,24-6+. The van der Waals surface area contributed by atoms with Crippen LogP contribution in [0.3, 0.4) is 0 Å². The summed E-state index contributed by atoms with van der Waals surface area (Å²) in [6.45, 7) is 10.8. The second kappa shape index (κ2) is 7.47. The summed E-state index contributed by atoms with van der Waals surface area (Å²) in [5.74, 6) is 1.30. The van der Waals surface area contributed by atoms with Crippen molar-refractivity contribution in [1.82, 2.24) is 9.55 Å². The highest BCUT2D eigenvalue weighted by Crippen LogP contribution is 2.22. The molecular formula is C26H26N2. The van der Waals surface area contributed by atoms with E-state index in [2.05, 4.69) is 98.7 Å². The number of nitrogens with zero attached hydrogens (tertiary/aromatic N) is 2. The number of pyridine rings is 1. The van der Waals surface area contributed by atoms with Crippen LogP contribution >= 0.6 is 0 Å². The van der Waals surface area contributed by atoms with Gasteiger partial charge in [0.15, 0.2) is 0 Å². The highest BCUT2D eigenvalue weighted by Gasteiger charge is 2.13. The van der Waals surface area contributed by atoms with Crippen LogP contribution < -0.4 is 10.6 Å². The van der Waals surface area contributed by atoms with Gasteiger partial charge in [0, 0.05) is 22.2 Å². The maximum absolute atomic E-state index is 4.79. The van der Waals surface area contributed by atoms with E-state index in [0.29, 0.717) is 5.92 Å². The Bertz CT molecular complexity index is 1290. The van der Waals surface area contributed by atoms with Gasteiger partial charge in [0.2, 0.25) is 0 Å². The molecule has 1 unspecified atom stereocenters. The predicted molar refractivity (Wildman–Crippen MR) is 121 cm³/mol. The quantitative estimate of drug-likeness (QED) is 0.445. The van der Waals surface area contributed by atoms with Crippen LogP contribution in [0.25, 0.3) is 39.6 Å². The van der Waals surface area contributed by atoms with Crippen molar-refractivity contribution in [3.8, 4) is 5.82 Å². The third-order valence-corrected chi connectivity index (χ3v) is 5.60. The summed E-state index contributed by atoms with van der Waals surface area (Å²) in [6, 6.07) is 19.1. The fourth-order valence-corrected chi connectivity index (χ4v) is 3.94. The number of fused-ring (bicyclic) bond motifs is 2. The van der Waals surface area contributed by atoms with E-state index in [1.807, 2.05) is 6.20 Å². The number of rotatable bonds is 4. The molecule has 0 aliphatic carbocycles. The molecule has 0 bridgehead atoms. The minimum atomic E-state index is 0.323. The maximum atomic E-state index is 4.79. The molecule has 2 nitrogen and oxygen atoms in total. The van der Waals surface area contributed by atoms with Crippen molar-refractivity contribution in [2.45, 2.75) is 27.2 Å². The molecule has 4 rings (SSSR count). The Morgan fingerprint density at radius 3 is 2.54 bits per heavy atom. The van der Waals surface area contributed by atoms with Gasteiger partial charge >= 0.3 is 0 Å². The molecule has 1 atom stereocenters. The van der Waals surface area contributed by atoms with E-state index >= 15 is 0 Å². The highest BCUT2D eigenvalue weighted by atomic mass is 15.1. The van der Waals surface area contributed by atoms with Gasteiger partial charge in [-0.25, -0.2) is 4.98 Å². The molecule has 0 fully saturated rings. The Labute approximate surface area is 166 Å². The van der Waals surface area contributed by atoms with Crippen molar-refractivity contribution < 1.29 is 0 Å². The molecule has 2 heterocycles. The van der Waals surface area contributed by atoms with E-state index in [0.717, 1.165) is 17.6 Å². The molecule has 0 radical (unpaired) electrons. The normalized spacial score (nSPS) is 14.1. The second-order valence-corrected chi connectivity index (χ2v) is 7.26. The molecule has 0 aliphatic rings. The lowest BCUT2D eigenvalue weighted by Crippen LogP contribution is -2.29. The van der Waals surface area contributed by atoms with E-state index in [1.165, 1.54) is 32.4 Å². The van der Waals surface area contributed by atoms with Gasteiger partial charge in [-0.3, -0.25) is 4.57 Å². The summed E-state index contributed by atoms with van der Waals surface area (Å²) in [5.41, 5.74) is 2.43. The Balaban J connectivity index is 2.14. The van der Waals surface area contributed by atoms with Gasteiger partial charge in [-0.1, -0.05) is 80.6 Å². The lowest BCUT2D eigenvalue weighted by atomic mass is 9.99. The van der Waals surface area contributed by atoms with Crippen LogP contribution in [-0.2, 0) is 0 Å². The molecule has 28 heavy (non-hydrogen) atoms. The lowest BCUT2D eigenvalue weighted by molar-refractivity contribution is 0.852. The molecule has 0 amide bonds. The van der Waals surface area contributed by atoms with Crippen molar-refractivity contribution >= 4 is 33.8 Å². The summed E-state index contributed by atoms with van der Waals surface area (Å²) in [7, 11) is 0. The first-order valence-electron chi connectivity index (χ1n) is 9.95. The summed E-state index contributed by atoms with van der Waals surface area (Å²) in [5, 5.41) is 6.05. The van der Waals surface area contributed by atoms with Crippen LogP contribution in [0.1, 0.15) is 27.2 Å². The van der Waals surface area contributed by atoms with Gasteiger partial charge in [-0.15, -0.1) is 0 Å². The SMILES string of the molecule is C=C(CC)C(C)/C=c1\c(=C/C)n(-c2nccc3ccccc23)c2ccccc12. The van der Waals surface area contributed by atoms with Crippen molar-refractivity contribution in [2.75, 3.05) is 0 Å². The number of aromatic nitrogens is 2. The Hall–Kier alpha value is -3.13. The first kappa shape index (κ1) is 18.2. The number of hydrogen-bond acceptors (Lipinski definition) is 1. The maximum Gasteiger partial charge on any atom is 0.145 e. The van der Waals surface area contributed by atoms with Gasteiger partial charge in [-0.05, 0) is 36.8 Å². The summed E-state index contributed by atoms with van der Waals surface area (Å²) in [6.07, 6.45) is 7.44. The Morgan fingerprint density at radius 1 is 1.07 bits per heavy atom. The zero-order chi connectivity index (χ0) is 19.7. The van der Waals surface area contributed by atoms with Crippen LogP contribution in [0, 0.1) is 5.92 Å². The van der Waals surface area contributed by atoms with Crippen LogP contribution in [-0.4, -0.2) is 9.55 Å². The van der Waals surface area contributed by atoms with Gasteiger partial charge in [0.1, 0.15) is 5.82 Å². The minimum Gasteiger partial charge on any atom is -0.294 e. The third-order valence-electron chi connectivity index (χ3n) is 5.60. The fraction of sp³-hybridized carbons (Fsp3) is 0.192. The van der Waals surface area contributed by atoms with E-state index in [9.17, 15) is 0 Å². The molecule has 0 spiro atoms. The molecule has 4 aromatic rings. The third kappa shape index (κ3) is 2.95. The molecule has 0 saturated carbocycles. The summed E-state index contributed by atoms with van der Waals surface area (Å²) >= 11 is 0. The first-order chi connectivity index (χ1) is 13.7. The Kier molecular flexibility index (Phi) is 4.87. The minimum absolute atomic E-state index is 0.323. The lowest BCUT2D eigenvalue weighted by Gasteiger charge is -2.09. The van der Waals surface area contributed by atoms with E-state index in [4.69, 9.17) is 4.98 Å². The Morgan fingerprint density at radius 2 is 1.79 bits per heavy atom. The first-order valence-corrected chi connectivity index (χ1v) is 9.95. The highest BCUT2D eigenvalue weighted by molar-refractivity contribution is 5.92. The average molecular weight is 367 g/mol. The van der Waals surface area contributed by atoms with Gasteiger partial charge in [0.25, 0.3) is 0 Å². The summed E-state index contributed by atoms with van der Waals surface area (Å²) in [4.78, 5) is 4.79. The number of benzene rings is 2. The fourth-order valence-electron chi connectivity index (χ4n) is 3.94. The molecule has 2 aromatic heterocycles. The smallest absolute Gasteiger partial charge is 0.145 e. The largest absolute Gasteiger partial charge is 0.294 e. The molecule has 2 heteroatoms. The van der Waals surface area contributed by atoms with Gasteiger partial charge in [0.05, 0.1) is 10.9 Å². The van der Waals surface area contributed by atoms with Gasteiger partial charge < -0.3 is 0 Å². The van der Waals surface area contributed by atoms with Crippen LogP contribution in [0.5, 0.6) is 0 Å². The van der Waals surface area contributed by atoms with E-state index in [1.54, 1.807) is 0 Å². The second-order valence-electron chi connectivity index (χ2n) is 7.26. The molecule has 0 aliphatic heterocycles. The zero-order valence-electron chi connectivity index (χ0n) is 16.8. The van der Waals surface area contributed by atoms with Crippen LogP contribution in [0.15, 0.2) is 72.9 Å². The van der Waals surface area contributed by atoms with Crippen molar-refractivity contribution in [2.24, 2.45) is 5.92 Å². The molecule has 140 valence electrons. The van der Waals surface area contributed by atoms with Crippen molar-refractivity contribution in [3.05, 3.63) is 83.5 Å². The van der Waals surface area contributed by atoms with Crippen LogP contribution in [0.4, 0.5) is 0 Å². The van der Waals surface area contributed by atoms with Crippen LogP contribution in [0.2, 0.25) is 0 Å². The van der Waals surface area contributed by atoms with E-state index in [-0.39, 0.29) is 0 Å². The molecular weight excluding hydrogens is 340 g/mol. The number of allylic oxidation sites excluding steroid dienone is 1. The molecule has 2 aromatic carbocycles. The van der Waals surface area contributed by atoms with Gasteiger partial charge in [-0.2, -0.15) is 0 Å². The molecule has 0 N–H and O–H groups in total. The predicted octanol–water partition coefficient (Wildman–Crippen LogP) is 5.36. The average Bonchev–Trinajstić information content (AvgIpc) is 3.05. The number of hydrogen-bond donors (Lipinski definition) is 0. The van der Waals surface area contributed by atoms with Crippen molar-refractivity contribution in [1.29, 1.82) is 0 Å². The monoisotopic (exact) mass is 366 g/mol. The van der Waals surface area contributed by atoms with Crippen molar-refractivity contribution in [3.63, 3.8) is 0 Å².